The predicted octanol–water partition coefficient (Wildman–Crippen LogP) is 4.02. The van der Waals surface area contributed by atoms with Crippen molar-refractivity contribution < 1.29 is 9.90 Å². The van der Waals surface area contributed by atoms with Crippen LogP contribution in [0.25, 0.3) is 10.1 Å². The molecular formula is C9H4BrClO2S. The lowest BCUT2D eigenvalue weighted by molar-refractivity contribution is 0.0696. The number of rotatable bonds is 1. The maximum absolute atomic E-state index is 10.9. The summed E-state index contributed by atoms with van der Waals surface area (Å²) in [5, 5.41) is 12.1. The Balaban J connectivity index is 2.87. The summed E-state index contributed by atoms with van der Waals surface area (Å²) in [7, 11) is 0. The smallest absolute Gasteiger partial charge is 0.336 e. The molecule has 0 aliphatic heterocycles. The van der Waals surface area contributed by atoms with Gasteiger partial charge in [-0.25, -0.2) is 4.79 Å². The van der Waals surface area contributed by atoms with Crippen molar-refractivity contribution in [1.29, 1.82) is 0 Å². The van der Waals surface area contributed by atoms with E-state index in [1.807, 2.05) is 11.4 Å². The quantitative estimate of drug-likeness (QED) is 0.862. The maximum atomic E-state index is 10.9. The van der Waals surface area contributed by atoms with Gasteiger partial charge in [0.25, 0.3) is 0 Å². The standard InChI is InChI=1S/C9H4BrClO2S/c10-6-5(9(12)13)3-4-1-2-14-8(4)7(6)11/h1-3H,(H,12,13). The molecule has 1 aromatic heterocycles. The lowest BCUT2D eigenvalue weighted by Gasteiger charge is -2.02. The largest absolute Gasteiger partial charge is 0.478 e. The molecule has 0 atom stereocenters. The molecule has 2 nitrogen and oxygen atoms in total. The van der Waals surface area contributed by atoms with E-state index < -0.39 is 5.97 Å². The number of hydrogen-bond acceptors (Lipinski definition) is 2. The average molecular weight is 292 g/mol. The Morgan fingerprint density at radius 2 is 2.29 bits per heavy atom. The molecule has 5 heteroatoms. The van der Waals surface area contributed by atoms with Crippen LogP contribution in [0.1, 0.15) is 10.4 Å². The molecule has 1 N–H and O–H groups in total. The Kier molecular flexibility index (Phi) is 2.51. The Bertz CT molecular complexity index is 521. The third kappa shape index (κ3) is 1.43. The summed E-state index contributed by atoms with van der Waals surface area (Å²) in [5.74, 6) is -0.980. The predicted molar refractivity (Wildman–Crippen MR) is 61.5 cm³/mol. The van der Waals surface area contributed by atoms with Crippen molar-refractivity contribution in [2.45, 2.75) is 0 Å². The van der Waals surface area contributed by atoms with Crippen LogP contribution in [0.15, 0.2) is 22.0 Å². The van der Waals surface area contributed by atoms with Crippen molar-refractivity contribution in [2.24, 2.45) is 0 Å². The van der Waals surface area contributed by atoms with E-state index in [1.54, 1.807) is 6.07 Å². The van der Waals surface area contributed by atoms with Gasteiger partial charge in [-0.1, -0.05) is 11.6 Å². The van der Waals surface area contributed by atoms with Gasteiger partial charge in [-0.05, 0) is 38.8 Å². The summed E-state index contributed by atoms with van der Waals surface area (Å²) in [5.41, 5.74) is 0.195. The Hall–Kier alpha value is -0.580. The molecule has 0 aliphatic carbocycles. The van der Waals surface area contributed by atoms with Gasteiger partial charge in [-0.2, -0.15) is 0 Å². The third-order valence-corrected chi connectivity index (χ3v) is 4.34. The zero-order chi connectivity index (χ0) is 10.3. The van der Waals surface area contributed by atoms with E-state index in [2.05, 4.69) is 15.9 Å². The lowest BCUT2D eigenvalue weighted by Crippen LogP contribution is -1.97. The maximum Gasteiger partial charge on any atom is 0.336 e. The second kappa shape index (κ2) is 3.53. The van der Waals surface area contributed by atoms with Crippen molar-refractivity contribution >= 4 is 54.9 Å². The third-order valence-electron chi connectivity index (χ3n) is 1.85. The van der Waals surface area contributed by atoms with E-state index in [1.165, 1.54) is 11.3 Å². The summed E-state index contributed by atoms with van der Waals surface area (Å²) in [6, 6.07) is 3.47. The highest BCUT2D eigenvalue weighted by atomic mass is 79.9. The first kappa shape index (κ1) is 9.96. The fourth-order valence-electron chi connectivity index (χ4n) is 1.20. The van der Waals surface area contributed by atoms with Crippen molar-refractivity contribution in [3.05, 3.63) is 32.6 Å². The van der Waals surface area contributed by atoms with E-state index in [0.29, 0.717) is 9.50 Å². The molecule has 0 fully saturated rings. The van der Waals surface area contributed by atoms with E-state index in [9.17, 15) is 4.79 Å². The lowest BCUT2D eigenvalue weighted by atomic mass is 10.2. The molecule has 0 bridgehead atoms. The number of thiophene rings is 1. The zero-order valence-corrected chi connectivity index (χ0v) is 9.91. The van der Waals surface area contributed by atoms with Crippen molar-refractivity contribution in [3.63, 3.8) is 0 Å². The van der Waals surface area contributed by atoms with Gasteiger partial charge in [-0.3, -0.25) is 0 Å². The van der Waals surface area contributed by atoms with Crippen LogP contribution in [0.3, 0.4) is 0 Å². The fourth-order valence-corrected chi connectivity index (χ4v) is 2.98. The molecule has 72 valence electrons. The Labute approximate surface area is 97.2 Å². The zero-order valence-electron chi connectivity index (χ0n) is 6.75. The number of benzene rings is 1. The fraction of sp³-hybridized carbons (Fsp3) is 0. The van der Waals surface area contributed by atoms with Crippen molar-refractivity contribution in [2.75, 3.05) is 0 Å². The van der Waals surface area contributed by atoms with Crippen LogP contribution in [0, 0.1) is 0 Å². The van der Waals surface area contributed by atoms with Gasteiger partial charge in [0.15, 0.2) is 0 Å². The van der Waals surface area contributed by atoms with Gasteiger partial charge in [0.1, 0.15) is 0 Å². The topological polar surface area (TPSA) is 37.3 Å². The molecule has 2 aromatic rings. The molecule has 0 saturated heterocycles. The summed E-state index contributed by atoms with van der Waals surface area (Å²) < 4.78 is 1.35. The number of carbonyl (C=O) groups is 1. The summed E-state index contributed by atoms with van der Waals surface area (Å²) in [4.78, 5) is 10.9. The summed E-state index contributed by atoms with van der Waals surface area (Å²) in [6.45, 7) is 0. The number of halogens is 2. The number of aromatic carboxylic acids is 1. The van der Waals surface area contributed by atoms with Crippen LogP contribution in [0.5, 0.6) is 0 Å². The van der Waals surface area contributed by atoms with E-state index in [0.717, 1.165) is 10.1 Å². The molecule has 14 heavy (non-hydrogen) atoms. The van der Waals surface area contributed by atoms with Gasteiger partial charge >= 0.3 is 5.97 Å². The summed E-state index contributed by atoms with van der Waals surface area (Å²) in [6.07, 6.45) is 0. The molecule has 0 saturated carbocycles. The Morgan fingerprint density at radius 1 is 1.57 bits per heavy atom. The van der Waals surface area contributed by atoms with E-state index in [-0.39, 0.29) is 5.56 Å². The normalized spacial score (nSPS) is 10.7. The van der Waals surface area contributed by atoms with Crippen molar-refractivity contribution in [3.8, 4) is 0 Å². The highest BCUT2D eigenvalue weighted by Crippen LogP contribution is 2.37. The van der Waals surface area contributed by atoms with Gasteiger partial charge in [-0.15, -0.1) is 11.3 Å². The van der Waals surface area contributed by atoms with Gasteiger partial charge in [0, 0.05) is 0 Å². The molecule has 0 aliphatic rings. The molecule has 0 radical (unpaired) electrons. The molecule has 0 spiro atoms. The van der Waals surface area contributed by atoms with Gasteiger partial charge in [0.05, 0.1) is 19.8 Å². The van der Waals surface area contributed by atoms with Crippen LogP contribution in [-0.4, -0.2) is 11.1 Å². The second-order valence-electron chi connectivity index (χ2n) is 2.70. The average Bonchev–Trinajstić information content (AvgIpc) is 2.58. The van der Waals surface area contributed by atoms with Crippen LogP contribution in [-0.2, 0) is 0 Å². The minimum Gasteiger partial charge on any atom is -0.478 e. The van der Waals surface area contributed by atoms with Crippen LogP contribution < -0.4 is 0 Å². The van der Waals surface area contributed by atoms with Gasteiger partial charge in [0.2, 0.25) is 0 Å². The molecule has 1 aromatic carbocycles. The summed E-state index contributed by atoms with van der Waals surface area (Å²) >= 11 is 10.7. The minimum atomic E-state index is -0.980. The first-order valence-electron chi connectivity index (χ1n) is 3.69. The highest BCUT2D eigenvalue weighted by Gasteiger charge is 2.15. The molecule has 0 amide bonds. The SMILES string of the molecule is O=C(O)c1cc2ccsc2c(Cl)c1Br. The number of carboxylic acids is 1. The number of carboxylic acid groups (broad SMARTS) is 1. The molecule has 0 unspecified atom stereocenters. The van der Waals surface area contributed by atoms with E-state index in [4.69, 9.17) is 16.7 Å². The molecule has 1 heterocycles. The van der Waals surface area contributed by atoms with Crippen LogP contribution >= 0.6 is 38.9 Å². The van der Waals surface area contributed by atoms with Crippen molar-refractivity contribution in [1.82, 2.24) is 0 Å². The Morgan fingerprint density at radius 3 is 2.93 bits per heavy atom. The number of hydrogen-bond donors (Lipinski definition) is 1. The molecular weight excluding hydrogens is 288 g/mol. The highest BCUT2D eigenvalue weighted by molar-refractivity contribution is 9.10. The number of fused-ring (bicyclic) bond motifs is 1. The van der Waals surface area contributed by atoms with Crippen LogP contribution in [0.2, 0.25) is 5.02 Å². The first-order valence-corrected chi connectivity index (χ1v) is 5.75. The van der Waals surface area contributed by atoms with Crippen LogP contribution in [0.4, 0.5) is 0 Å². The van der Waals surface area contributed by atoms with Gasteiger partial charge < -0.3 is 5.11 Å². The van der Waals surface area contributed by atoms with E-state index >= 15 is 0 Å². The minimum absolute atomic E-state index is 0.195. The first-order chi connectivity index (χ1) is 6.61. The monoisotopic (exact) mass is 290 g/mol. The molecule has 2 rings (SSSR count). The second-order valence-corrected chi connectivity index (χ2v) is 4.78.